The van der Waals surface area contributed by atoms with Crippen LogP contribution in [0.1, 0.15) is 123 Å². The molecule has 512 valence electrons. The molecule has 93 heavy (non-hydrogen) atoms. The van der Waals surface area contributed by atoms with Gasteiger partial charge in [0.25, 0.3) is 0 Å². The number of aliphatic carboxylic acids is 1. The van der Waals surface area contributed by atoms with Gasteiger partial charge in [-0.3, -0.25) is 62.5 Å². The van der Waals surface area contributed by atoms with Crippen LogP contribution in [0.15, 0.2) is 78.2 Å². The van der Waals surface area contributed by atoms with E-state index >= 15 is 0 Å². The van der Waals surface area contributed by atoms with Crippen LogP contribution in [0.2, 0.25) is 0 Å². The van der Waals surface area contributed by atoms with Gasteiger partial charge in [0.05, 0.1) is 12.4 Å². The van der Waals surface area contributed by atoms with E-state index in [0.717, 1.165) is 5.56 Å². The Morgan fingerprint density at radius 1 is 0.495 bits per heavy atom. The number of hydrogen-bond donors (Lipinski definition) is 17. The van der Waals surface area contributed by atoms with Gasteiger partial charge in [-0.05, 0) is 86.8 Å². The van der Waals surface area contributed by atoms with Gasteiger partial charge in [0.1, 0.15) is 54.4 Å². The molecular formula is C62H96N18O13. The molecular weight excluding hydrogens is 1200 g/mol. The summed E-state index contributed by atoms with van der Waals surface area (Å²) in [6, 6.07) is 4.10. The van der Waals surface area contributed by atoms with E-state index in [1.807, 2.05) is 0 Å². The average molecular weight is 1300 g/mol. The van der Waals surface area contributed by atoms with Crippen molar-refractivity contribution in [3.8, 4) is 0 Å². The lowest BCUT2D eigenvalue weighted by molar-refractivity contribution is -0.138. The molecule has 3 rings (SSSR count). The van der Waals surface area contributed by atoms with E-state index < -0.39 is 162 Å². The molecule has 0 unspecified atom stereocenters. The highest BCUT2D eigenvalue weighted by atomic mass is 16.4. The topological polar surface area (TPSA) is 530 Å². The van der Waals surface area contributed by atoms with Crippen LogP contribution in [0.25, 0.3) is 0 Å². The number of nitrogens with zero attached hydrogens (tertiary/aromatic N) is 2. The maximum Gasteiger partial charge on any atom is 0.303 e. The Kier molecular flexibility index (Phi) is 33.7. The summed E-state index contributed by atoms with van der Waals surface area (Å²) in [5.74, 6) is -12.2. The van der Waals surface area contributed by atoms with Crippen LogP contribution in [-0.4, -0.2) is 165 Å². The molecule has 10 atom stereocenters. The Balaban J connectivity index is 1.95. The lowest BCUT2D eigenvalue weighted by Crippen LogP contribution is -2.61. The number of aromatic amines is 1. The fraction of sp³-hybridized carbons (Fsp3) is 0.548. The SMILES string of the molecule is CC(C)C[C@H](NC(=O)[C@H](CCCCN)NC(=O)[C@H](CCC(N)=O)NC(=O)[C@H](Cc1cnc[nH]1)NC(=O)[C@H](CCCN=C(N)N)NC(=O)[C@@H](NC(=O)[C@@H](N)CCC(=O)O)C(C)C)C(=O)N[C@H](C(=O)N[C@@H](Cc1ccccc1)C(=O)N[C@@H](Cc1ccccc1)C(N)=O)C(C)C. The van der Waals surface area contributed by atoms with Crippen LogP contribution in [0.5, 0.6) is 0 Å². The van der Waals surface area contributed by atoms with Crippen LogP contribution >= 0.6 is 0 Å². The predicted octanol–water partition coefficient (Wildman–Crippen LogP) is -2.72. The molecule has 0 fully saturated rings. The van der Waals surface area contributed by atoms with Crippen LogP contribution in [0, 0.1) is 17.8 Å². The summed E-state index contributed by atoms with van der Waals surface area (Å²) in [4.78, 5) is 175. The van der Waals surface area contributed by atoms with Crippen molar-refractivity contribution in [1.82, 2.24) is 57.8 Å². The van der Waals surface area contributed by atoms with Gasteiger partial charge >= 0.3 is 5.97 Å². The normalized spacial score (nSPS) is 14.4. The average Bonchev–Trinajstić information content (AvgIpc) is 1.41. The monoisotopic (exact) mass is 1300 g/mol. The van der Waals surface area contributed by atoms with E-state index in [9.17, 15) is 57.5 Å². The van der Waals surface area contributed by atoms with Gasteiger partial charge in [-0.2, -0.15) is 0 Å². The third-order valence-corrected chi connectivity index (χ3v) is 14.8. The van der Waals surface area contributed by atoms with Crippen molar-refractivity contribution in [2.75, 3.05) is 13.1 Å². The third-order valence-electron chi connectivity index (χ3n) is 14.8. The summed E-state index contributed by atoms with van der Waals surface area (Å²) >= 11 is 0. The number of aliphatic imine (C=N–C) groups is 1. The summed E-state index contributed by atoms with van der Waals surface area (Å²) in [6.45, 7) is 10.3. The Morgan fingerprint density at radius 3 is 1.39 bits per heavy atom. The number of H-pyrrole nitrogens is 1. The Morgan fingerprint density at radius 2 is 0.925 bits per heavy atom. The van der Waals surface area contributed by atoms with Gasteiger partial charge in [-0.25, -0.2) is 4.98 Å². The molecule has 1 aromatic heterocycles. The number of benzene rings is 2. The molecule has 0 spiro atoms. The number of nitrogens with two attached hydrogens (primary N) is 6. The van der Waals surface area contributed by atoms with Gasteiger partial charge in [0, 0.05) is 50.5 Å². The van der Waals surface area contributed by atoms with E-state index in [-0.39, 0.29) is 82.8 Å². The Bertz CT molecular complexity index is 2970. The minimum atomic E-state index is -1.61. The zero-order chi connectivity index (χ0) is 69.3. The largest absolute Gasteiger partial charge is 0.481 e. The first-order valence-corrected chi connectivity index (χ1v) is 31.1. The van der Waals surface area contributed by atoms with Crippen molar-refractivity contribution in [3.05, 3.63) is 90.0 Å². The highest BCUT2D eigenvalue weighted by Crippen LogP contribution is 2.15. The standard InChI is InChI=1S/C62H96N18O13/c1-34(2)28-45(59(91)80-51(36(5)6)61(93)78-46(30-38-18-11-8-12-19-38)57(89)75-44(52(66)84)29-37-16-9-7-10-17-37)76-54(86)41(20-13-14-26-63)72-56(88)43(23-24-48(65)81)73-58(90)47(31-39-32-69-33-71-39)77-55(87)42(21-15-27-70-62(67)68)74-60(92)50(35(3)4)79-53(85)40(64)22-25-49(82)83/h7-12,16-19,32-36,40-47,50-51H,13-15,20-31,63-64H2,1-6H3,(H2,65,81)(H2,66,84)(H,69,71)(H,72,88)(H,73,90)(H,74,92)(H,75,89)(H,76,86)(H,77,87)(H,78,93)(H,79,85)(H,80,91)(H,82,83)(H4,67,68,70)/t40-,41-,42-,43-,44-,45-,46-,47-,50-,51-/m0/s1. The van der Waals surface area contributed by atoms with Gasteiger partial charge in [0.15, 0.2) is 5.96 Å². The predicted molar refractivity (Wildman–Crippen MR) is 344 cm³/mol. The van der Waals surface area contributed by atoms with E-state index in [1.165, 1.54) is 12.5 Å². The van der Waals surface area contributed by atoms with Crippen molar-refractivity contribution in [3.63, 3.8) is 0 Å². The second-order valence-electron chi connectivity index (χ2n) is 23.9. The Hall–Kier alpha value is -9.52. The highest BCUT2D eigenvalue weighted by molar-refractivity contribution is 5.99. The summed E-state index contributed by atoms with van der Waals surface area (Å²) in [5.41, 5.74) is 35.8. The van der Waals surface area contributed by atoms with Gasteiger partial charge in [0.2, 0.25) is 65.0 Å². The zero-order valence-corrected chi connectivity index (χ0v) is 53.7. The van der Waals surface area contributed by atoms with Crippen molar-refractivity contribution < 1.29 is 62.6 Å². The van der Waals surface area contributed by atoms with Crippen molar-refractivity contribution in [2.24, 2.45) is 57.1 Å². The number of hydrogen-bond acceptors (Lipinski definition) is 16. The molecule has 0 saturated heterocycles. The number of rotatable bonds is 43. The number of carboxylic acid groups (broad SMARTS) is 1. The van der Waals surface area contributed by atoms with Crippen molar-refractivity contribution >= 4 is 76.9 Å². The zero-order valence-electron chi connectivity index (χ0n) is 53.7. The first kappa shape index (κ1) is 77.7. The summed E-state index contributed by atoms with van der Waals surface area (Å²) in [7, 11) is 0. The van der Waals surface area contributed by atoms with E-state index in [0.29, 0.717) is 17.7 Å². The lowest BCUT2D eigenvalue weighted by Gasteiger charge is -2.29. The van der Waals surface area contributed by atoms with E-state index in [1.54, 1.807) is 102 Å². The van der Waals surface area contributed by atoms with Crippen LogP contribution in [-0.2, 0) is 76.8 Å². The van der Waals surface area contributed by atoms with Gasteiger partial charge in [-0.1, -0.05) is 102 Å². The molecule has 0 aliphatic carbocycles. The second-order valence-corrected chi connectivity index (χ2v) is 23.9. The minimum absolute atomic E-state index is 0.00582. The molecule has 3 aromatic rings. The number of aromatic nitrogens is 2. The molecule has 1 heterocycles. The molecule has 0 bridgehead atoms. The van der Waals surface area contributed by atoms with Crippen molar-refractivity contribution in [2.45, 2.75) is 185 Å². The minimum Gasteiger partial charge on any atom is -0.481 e. The highest BCUT2D eigenvalue weighted by Gasteiger charge is 2.37. The van der Waals surface area contributed by atoms with E-state index in [2.05, 4.69) is 62.8 Å². The molecule has 0 aliphatic rings. The molecule has 2 aromatic carbocycles. The second kappa shape index (κ2) is 40.4. The fourth-order valence-electron chi connectivity index (χ4n) is 9.63. The summed E-state index contributed by atoms with van der Waals surface area (Å²) in [5, 5.41) is 33.0. The number of carboxylic acids is 1. The molecule has 31 heteroatoms. The first-order valence-electron chi connectivity index (χ1n) is 31.1. The Labute approximate surface area is 541 Å². The van der Waals surface area contributed by atoms with Gasteiger partial charge < -0.3 is 92.3 Å². The summed E-state index contributed by atoms with van der Waals surface area (Å²) < 4.78 is 0. The fourth-order valence-corrected chi connectivity index (χ4v) is 9.63. The maximum atomic E-state index is 14.6. The number of guanidine groups is 1. The van der Waals surface area contributed by atoms with Crippen LogP contribution in [0.4, 0.5) is 0 Å². The molecule has 11 amide bonds. The van der Waals surface area contributed by atoms with Gasteiger partial charge in [-0.15, -0.1) is 0 Å². The quantitative estimate of drug-likeness (QED) is 0.0156. The number of carbonyl (C=O) groups is 12. The molecule has 23 N–H and O–H groups in total. The maximum absolute atomic E-state index is 14.6. The number of amides is 11. The first-order chi connectivity index (χ1) is 44.0. The number of unbranched alkanes of at least 4 members (excludes halogenated alkanes) is 1. The number of carbonyl (C=O) groups excluding carboxylic acids is 11. The van der Waals surface area contributed by atoms with Crippen molar-refractivity contribution in [1.29, 1.82) is 0 Å². The summed E-state index contributed by atoms with van der Waals surface area (Å²) in [6.07, 6.45) is 1.58. The number of nitrogens with one attached hydrogen (secondary N) is 10. The smallest absolute Gasteiger partial charge is 0.303 e. The van der Waals surface area contributed by atoms with Crippen LogP contribution in [0.3, 0.4) is 0 Å². The number of imidazole rings is 1. The number of primary amides is 2. The van der Waals surface area contributed by atoms with E-state index in [4.69, 9.17) is 39.5 Å². The third kappa shape index (κ3) is 29.1. The lowest BCUT2D eigenvalue weighted by atomic mass is 9.98. The van der Waals surface area contributed by atoms with Crippen LogP contribution < -0.4 is 82.3 Å². The molecule has 0 saturated carbocycles. The molecule has 0 aliphatic heterocycles. The molecule has 0 radical (unpaired) electrons. The molecule has 31 nitrogen and oxygen atoms in total.